The molecule has 0 spiro atoms. The minimum absolute atomic E-state index is 0.124. The molecule has 3 rings (SSSR count). The van der Waals surface area contributed by atoms with E-state index in [1.807, 2.05) is 31.2 Å². The van der Waals surface area contributed by atoms with Gasteiger partial charge >= 0.3 is 0 Å². The van der Waals surface area contributed by atoms with Crippen molar-refractivity contribution in [3.05, 3.63) is 59.2 Å². The summed E-state index contributed by atoms with van der Waals surface area (Å²) in [7, 11) is -2.40. The normalized spacial score (nSPS) is 11.6. The van der Waals surface area contributed by atoms with Crippen LogP contribution in [0.25, 0.3) is 10.9 Å². The summed E-state index contributed by atoms with van der Waals surface area (Å²) in [6.07, 6.45) is 2.38. The molecule has 3 aromatic rings. The van der Waals surface area contributed by atoms with Gasteiger partial charge in [0.15, 0.2) is 0 Å². The highest BCUT2D eigenvalue weighted by atomic mass is 35.5. The summed E-state index contributed by atoms with van der Waals surface area (Å²) in [5, 5.41) is 7.70. The van der Waals surface area contributed by atoms with Crippen molar-refractivity contribution in [2.45, 2.75) is 25.2 Å². The first-order valence-corrected chi connectivity index (χ1v) is 12.8. The Morgan fingerprint density at radius 2 is 1.94 bits per heavy atom. The quantitative estimate of drug-likeness (QED) is 0.385. The van der Waals surface area contributed by atoms with Crippen LogP contribution in [-0.2, 0) is 14.8 Å². The molecule has 0 aliphatic heterocycles. The first kappa shape index (κ1) is 25.7. The Labute approximate surface area is 205 Å². The smallest absolute Gasteiger partial charge is 0.243 e. The maximum absolute atomic E-state index is 12.8. The van der Waals surface area contributed by atoms with Crippen molar-refractivity contribution in [3.63, 3.8) is 0 Å². The van der Waals surface area contributed by atoms with Crippen LogP contribution in [0.15, 0.2) is 53.6 Å². The molecule has 0 unspecified atom stereocenters. The van der Waals surface area contributed by atoms with Crippen LogP contribution in [0.1, 0.15) is 18.9 Å². The molecule has 182 valence electrons. The number of ether oxygens (including phenoxy) is 1. The Bertz CT molecular complexity index is 1270. The van der Waals surface area contributed by atoms with E-state index in [1.165, 1.54) is 13.1 Å². The second-order valence-corrected chi connectivity index (χ2v) is 10.3. The predicted molar refractivity (Wildman–Crippen MR) is 135 cm³/mol. The highest BCUT2D eigenvalue weighted by molar-refractivity contribution is 7.89. The zero-order valence-electron chi connectivity index (χ0n) is 19.5. The number of carbonyl (C=O) groups is 1. The van der Waals surface area contributed by atoms with Crippen molar-refractivity contribution >= 4 is 44.1 Å². The fourth-order valence-electron chi connectivity index (χ4n) is 3.44. The molecule has 0 saturated carbocycles. The molecule has 0 fully saturated rings. The summed E-state index contributed by atoms with van der Waals surface area (Å²) in [5.74, 6) is 0.275. The number of benzene rings is 2. The number of nitrogens with one attached hydrogen (secondary N) is 2. The number of pyridine rings is 1. The molecular formula is C24H29ClN4O4S. The minimum atomic E-state index is -3.79. The van der Waals surface area contributed by atoms with Gasteiger partial charge in [-0.25, -0.2) is 8.42 Å². The van der Waals surface area contributed by atoms with Crippen LogP contribution in [0.2, 0.25) is 5.02 Å². The lowest BCUT2D eigenvalue weighted by molar-refractivity contribution is -0.121. The second kappa shape index (κ2) is 11.5. The van der Waals surface area contributed by atoms with Crippen molar-refractivity contribution in [1.82, 2.24) is 14.6 Å². The summed E-state index contributed by atoms with van der Waals surface area (Å²) in [5.41, 5.74) is 2.46. The molecule has 10 heteroatoms. The van der Waals surface area contributed by atoms with Gasteiger partial charge in [-0.1, -0.05) is 11.6 Å². The molecule has 8 nitrogen and oxygen atoms in total. The highest BCUT2D eigenvalue weighted by Gasteiger charge is 2.23. The van der Waals surface area contributed by atoms with E-state index in [0.717, 1.165) is 26.5 Å². The Morgan fingerprint density at radius 1 is 1.15 bits per heavy atom. The van der Waals surface area contributed by atoms with Gasteiger partial charge in [0, 0.05) is 42.4 Å². The first-order chi connectivity index (χ1) is 16.2. The summed E-state index contributed by atoms with van der Waals surface area (Å²) >= 11 is 6.02. The fraction of sp³-hybridized carbons (Fsp3) is 0.333. The van der Waals surface area contributed by atoms with Gasteiger partial charge in [-0.15, -0.1) is 0 Å². The average Bonchev–Trinajstić information content (AvgIpc) is 2.80. The maximum atomic E-state index is 12.8. The van der Waals surface area contributed by atoms with Crippen LogP contribution in [0.3, 0.4) is 0 Å². The average molecular weight is 505 g/mol. The van der Waals surface area contributed by atoms with Gasteiger partial charge in [-0.2, -0.15) is 4.31 Å². The van der Waals surface area contributed by atoms with Crippen molar-refractivity contribution in [2.75, 3.05) is 38.6 Å². The van der Waals surface area contributed by atoms with E-state index in [0.29, 0.717) is 36.9 Å². The number of hydrogen-bond donors (Lipinski definition) is 2. The van der Waals surface area contributed by atoms with Crippen molar-refractivity contribution in [3.8, 4) is 5.75 Å². The van der Waals surface area contributed by atoms with E-state index in [2.05, 4.69) is 15.6 Å². The van der Waals surface area contributed by atoms with Gasteiger partial charge in [-0.05, 0) is 68.3 Å². The number of nitrogens with zero attached hydrogens (tertiary/aromatic N) is 2. The van der Waals surface area contributed by atoms with Crippen LogP contribution >= 0.6 is 11.6 Å². The molecule has 2 N–H and O–H groups in total. The van der Waals surface area contributed by atoms with E-state index in [4.69, 9.17) is 16.3 Å². The summed E-state index contributed by atoms with van der Waals surface area (Å²) in [4.78, 5) is 16.7. The van der Waals surface area contributed by atoms with Crippen molar-refractivity contribution < 1.29 is 17.9 Å². The minimum Gasteiger partial charge on any atom is -0.494 e. The number of hydrogen-bond acceptors (Lipinski definition) is 6. The third kappa shape index (κ3) is 6.37. The van der Waals surface area contributed by atoms with Crippen molar-refractivity contribution in [2.24, 2.45) is 0 Å². The van der Waals surface area contributed by atoms with E-state index >= 15 is 0 Å². The third-order valence-corrected chi connectivity index (χ3v) is 7.25. The number of aryl methyl sites for hydroxylation is 1. The van der Waals surface area contributed by atoms with Crippen LogP contribution in [-0.4, -0.2) is 56.9 Å². The molecule has 0 aliphatic rings. The SMILES string of the molecule is CCOc1ccc(S(=O)(=O)N(C)CC(=O)NCCCNc2ccnc3cc(Cl)ccc23)cc1C. The number of amides is 1. The van der Waals surface area contributed by atoms with Gasteiger partial charge in [-0.3, -0.25) is 9.78 Å². The van der Waals surface area contributed by atoms with E-state index in [1.54, 1.807) is 25.3 Å². The summed E-state index contributed by atoms with van der Waals surface area (Å²) in [6.45, 7) is 4.92. The van der Waals surface area contributed by atoms with Crippen molar-refractivity contribution in [1.29, 1.82) is 0 Å². The van der Waals surface area contributed by atoms with Gasteiger partial charge in [0.05, 0.1) is 23.6 Å². The van der Waals surface area contributed by atoms with E-state index in [-0.39, 0.29) is 17.3 Å². The van der Waals surface area contributed by atoms with Crippen LogP contribution < -0.4 is 15.4 Å². The number of sulfonamides is 1. The van der Waals surface area contributed by atoms with E-state index in [9.17, 15) is 13.2 Å². The van der Waals surface area contributed by atoms with Gasteiger partial charge in [0.2, 0.25) is 15.9 Å². The monoisotopic (exact) mass is 504 g/mol. The van der Waals surface area contributed by atoms with Crippen LogP contribution in [0.4, 0.5) is 5.69 Å². The second-order valence-electron chi connectivity index (χ2n) is 7.77. The molecule has 34 heavy (non-hydrogen) atoms. The summed E-state index contributed by atoms with van der Waals surface area (Å²) < 4.78 is 32.2. The molecule has 1 amide bonds. The molecule has 0 bridgehead atoms. The number of carbonyl (C=O) groups excluding carboxylic acids is 1. The lowest BCUT2D eigenvalue weighted by atomic mass is 10.2. The summed E-state index contributed by atoms with van der Waals surface area (Å²) in [6, 6.07) is 12.1. The molecule has 2 aromatic carbocycles. The predicted octanol–water partition coefficient (Wildman–Crippen LogP) is 3.83. The van der Waals surface area contributed by atoms with Crippen LogP contribution in [0, 0.1) is 6.92 Å². The highest BCUT2D eigenvalue weighted by Crippen LogP contribution is 2.25. The third-order valence-electron chi connectivity index (χ3n) is 5.22. The maximum Gasteiger partial charge on any atom is 0.243 e. The zero-order valence-corrected chi connectivity index (χ0v) is 21.0. The van der Waals surface area contributed by atoms with Crippen LogP contribution in [0.5, 0.6) is 5.75 Å². The number of likely N-dealkylation sites (N-methyl/N-ethyl adjacent to an activating group) is 1. The number of anilines is 1. The van der Waals surface area contributed by atoms with E-state index < -0.39 is 10.0 Å². The number of halogens is 1. The molecule has 0 radical (unpaired) electrons. The topological polar surface area (TPSA) is 101 Å². The number of aromatic nitrogens is 1. The zero-order chi connectivity index (χ0) is 24.7. The largest absolute Gasteiger partial charge is 0.494 e. The molecular weight excluding hydrogens is 476 g/mol. The lowest BCUT2D eigenvalue weighted by Crippen LogP contribution is -2.38. The number of fused-ring (bicyclic) bond motifs is 1. The van der Waals surface area contributed by atoms with Gasteiger partial charge in [0.25, 0.3) is 0 Å². The standard InChI is InChI=1S/C24H29ClN4O4S/c1-4-33-23-9-7-19(14-17(23)2)34(31,32)29(3)16-24(30)28-12-5-11-26-21-10-13-27-22-15-18(25)6-8-20(21)22/h6-10,13-15H,4-5,11-12,16H2,1-3H3,(H,26,27)(H,28,30). The lowest BCUT2D eigenvalue weighted by Gasteiger charge is -2.18. The first-order valence-electron chi connectivity index (χ1n) is 11.0. The molecule has 1 heterocycles. The van der Waals surface area contributed by atoms with Gasteiger partial charge < -0.3 is 15.4 Å². The molecule has 1 aromatic heterocycles. The number of rotatable bonds is 11. The Kier molecular flexibility index (Phi) is 8.71. The fourth-order valence-corrected chi connectivity index (χ4v) is 4.82. The van der Waals surface area contributed by atoms with Gasteiger partial charge in [0.1, 0.15) is 5.75 Å². The Balaban J connectivity index is 1.47. The molecule has 0 atom stereocenters. The Morgan fingerprint density at radius 3 is 2.68 bits per heavy atom. The molecule has 0 aliphatic carbocycles. The Hall–Kier alpha value is -2.88. The molecule has 0 saturated heterocycles.